The number of nitrogens with zero attached hydrogens (tertiary/aromatic N) is 2. The predicted octanol–water partition coefficient (Wildman–Crippen LogP) is 2.13. The summed E-state index contributed by atoms with van der Waals surface area (Å²) in [6.45, 7) is 2.57. The molecule has 0 amide bonds. The second kappa shape index (κ2) is 6.79. The first-order valence-corrected chi connectivity index (χ1v) is 5.66. The maximum absolute atomic E-state index is 10.6. The van der Waals surface area contributed by atoms with E-state index in [1.54, 1.807) is 0 Å². The smallest absolute Gasteiger partial charge is 0.273 e. The van der Waals surface area contributed by atoms with Crippen molar-refractivity contribution in [3.63, 3.8) is 0 Å². The molecule has 96 valence electrons. The molecule has 7 heteroatoms. The van der Waals surface area contributed by atoms with Crippen LogP contribution >= 0.6 is 11.6 Å². The van der Waals surface area contributed by atoms with Crippen LogP contribution in [0.4, 0.5) is 5.69 Å². The van der Waals surface area contributed by atoms with E-state index < -0.39 is 11.0 Å². The molecule has 6 nitrogen and oxygen atoms in total. The van der Waals surface area contributed by atoms with Crippen molar-refractivity contribution in [2.45, 2.75) is 13.0 Å². The molecule has 0 saturated carbocycles. The monoisotopic (exact) mass is 269 g/mol. The first kappa shape index (κ1) is 14.2. The van der Waals surface area contributed by atoms with Crippen LogP contribution in [0.25, 0.3) is 0 Å². The van der Waals surface area contributed by atoms with Crippen molar-refractivity contribution in [2.24, 2.45) is 0 Å². The molecule has 0 aliphatic carbocycles. The molecule has 0 aromatic heterocycles. The van der Waals surface area contributed by atoms with Crippen LogP contribution in [0, 0.1) is 21.4 Å². The molecule has 1 unspecified atom stereocenters. The van der Waals surface area contributed by atoms with Gasteiger partial charge < -0.3 is 4.74 Å². The summed E-state index contributed by atoms with van der Waals surface area (Å²) < 4.78 is 5.31. The third-order valence-electron chi connectivity index (χ3n) is 2.14. The van der Waals surface area contributed by atoms with Gasteiger partial charge in [0.25, 0.3) is 5.69 Å². The maximum Gasteiger partial charge on any atom is 0.273 e. The second-order valence-corrected chi connectivity index (χ2v) is 3.83. The van der Waals surface area contributed by atoms with Crippen molar-refractivity contribution in [3.05, 3.63) is 33.3 Å². The second-order valence-electron chi connectivity index (χ2n) is 3.42. The van der Waals surface area contributed by atoms with Gasteiger partial charge in [0, 0.05) is 6.07 Å². The van der Waals surface area contributed by atoms with Crippen LogP contribution in [0.3, 0.4) is 0 Å². The minimum Gasteiger partial charge on any atom is -0.489 e. The van der Waals surface area contributed by atoms with Crippen LogP contribution in [0.2, 0.25) is 5.02 Å². The molecule has 0 aliphatic rings. The van der Waals surface area contributed by atoms with Gasteiger partial charge >= 0.3 is 0 Å². The highest BCUT2D eigenvalue weighted by atomic mass is 35.5. The van der Waals surface area contributed by atoms with E-state index in [0.717, 1.165) is 0 Å². The third kappa shape index (κ3) is 3.87. The zero-order valence-corrected chi connectivity index (χ0v) is 10.5. The van der Waals surface area contributed by atoms with Crippen LogP contribution in [0.15, 0.2) is 18.2 Å². The van der Waals surface area contributed by atoms with E-state index in [4.69, 9.17) is 21.6 Å². The standard InChI is InChI=1S/C11H12ClN3O3/c1-2-14-8(6-13)7-18-11-5-9(15(16)17)3-4-10(11)12/h3-5,8,14H,2,7H2,1H3. The van der Waals surface area contributed by atoms with E-state index in [1.807, 2.05) is 13.0 Å². The molecule has 18 heavy (non-hydrogen) atoms. The largest absolute Gasteiger partial charge is 0.489 e. The van der Waals surface area contributed by atoms with E-state index in [-0.39, 0.29) is 23.1 Å². The van der Waals surface area contributed by atoms with Gasteiger partial charge in [-0.3, -0.25) is 15.4 Å². The van der Waals surface area contributed by atoms with Gasteiger partial charge in [-0.05, 0) is 12.6 Å². The van der Waals surface area contributed by atoms with Gasteiger partial charge in [0.2, 0.25) is 0 Å². The molecule has 1 N–H and O–H groups in total. The van der Waals surface area contributed by atoms with E-state index in [1.165, 1.54) is 18.2 Å². The van der Waals surface area contributed by atoms with Gasteiger partial charge in [-0.15, -0.1) is 0 Å². The molecule has 0 radical (unpaired) electrons. The number of hydrogen-bond acceptors (Lipinski definition) is 5. The van der Waals surface area contributed by atoms with E-state index in [9.17, 15) is 10.1 Å². The quantitative estimate of drug-likeness (QED) is 0.631. The normalized spacial score (nSPS) is 11.6. The molecule has 1 atom stereocenters. The zero-order valence-electron chi connectivity index (χ0n) is 9.72. The summed E-state index contributed by atoms with van der Waals surface area (Å²) in [6, 6.07) is 5.46. The van der Waals surface area contributed by atoms with Crippen LogP contribution in [-0.2, 0) is 0 Å². The number of rotatable bonds is 6. The number of nitrogens with one attached hydrogen (secondary N) is 1. The molecule has 0 fully saturated rings. The van der Waals surface area contributed by atoms with Crippen LogP contribution in [-0.4, -0.2) is 24.1 Å². The fraction of sp³-hybridized carbons (Fsp3) is 0.364. The Balaban J connectivity index is 2.75. The van der Waals surface area contributed by atoms with Crippen LogP contribution in [0.1, 0.15) is 6.92 Å². The Morgan fingerprint density at radius 3 is 2.94 bits per heavy atom. The lowest BCUT2D eigenvalue weighted by Crippen LogP contribution is -2.33. The van der Waals surface area contributed by atoms with Crippen LogP contribution < -0.4 is 10.1 Å². The Labute approximate surface area is 109 Å². The first-order valence-electron chi connectivity index (χ1n) is 5.28. The fourth-order valence-electron chi connectivity index (χ4n) is 1.28. The fourth-order valence-corrected chi connectivity index (χ4v) is 1.45. The molecule has 0 spiro atoms. The SMILES string of the molecule is CCNC(C#N)COc1cc([N+](=O)[O-])ccc1Cl. The predicted molar refractivity (Wildman–Crippen MR) is 66.7 cm³/mol. The highest BCUT2D eigenvalue weighted by Gasteiger charge is 2.13. The number of halogens is 1. The third-order valence-corrected chi connectivity index (χ3v) is 2.45. The lowest BCUT2D eigenvalue weighted by molar-refractivity contribution is -0.384. The van der Waals surface area contributed by atoms with Crippen molar-refractivity contribution in [3.8, 4) is 11.8 Å². The Bertz CT molecular complexity index is 473. The van der Waals surface area contributed by atoms with Gasteiger partial charge in [-0.25, -0.2) is 0 Å². The number of hydrogen-bond donors (Lipinski definition) is 1. The molecule has 1 rings (SSSR count). The van der Waals surface area contributed by atoms with E-state index in [2.05, 4.69) is 5.32 Å². The minimum absolute atomic E-state index is 0.0746. The number of ether oxygens (including phenoxy) is 1. The van der Waals surface area contributed by atoms with Crippen molar-refractivity contribution in [1.82, 2.24) is 5.32 Å². The topological polar surface area (TPSA) is 88.2 Å². The number of non-ortho nitro benzene ring substituents is 1. The molecule has 0 saturated heterocycles. The average Bonchev–Trinajstić information content (AvgIpc) is 2.35. The molecule has 0 heterocycles. The molecular formula is C11H12ClN3O3. The summed E-state index contributed by atoms with van der Waals surface area (Å²) in [5, 5.41) is 22.6. The Kier molecular flexibility index (Phi) is 5.36. The first-order chi connectivity index (χ1) is 8.58. The van der Waals surface area contributed by atoms with Gasteiger partial charge in [0.15, 0.2) is 0 Å². The molecule has 0 aliphatic heterocycles. The summed E-state index contributed by atoms with van der Waals surface area (Å²) in [4.78, 5) is 10.1. The number of nitro benzene ring substituents is 1. The summed E-state index contributed by atoms with van der Waals surface area (Å²) in [5.41, 5.74) is -0.105. The van der Waals surface area contributed by atoms with Crippen LogP contribution in [0.5, 0.6) is 5.75 Å². The highest BCUT2D eigenvalue weighted by Crippen LogP contribution is 2.28. The van der Waals surface area contributed by atoms with E-state index >= 15 is 0 Å². The number of benzene rings is 1. The highest BCUT2D eigenvalue weighted by molar-refractivity contribution is 6.32. The van der Waals surface area contributed by atoms with Crippen molar-refractivity contribution < 1.29 is 9.66 Å². The molecule has 1 aromatic rings. The lowest BCUT2D eigenvalue weighted by Gasteiger charge is -2.12. The summed E-state index contributed by atoms with van der Waals surface area (Å²) in [5.74, 6) is 0.198. The number of nitriles is 1. The van der Waals surface area contributed by atoms with Gasteiger partial charge in [0.1, 0.15) is 18.4 Å². The van der Waals surface area contributed by atoms with Crippen molar-refractivity contribution in [2.75, 3.05) is 13.2 Å². The van der Waals surface area contributed by atoms with Gasteiger partial charge in [-0.2, -0.15) is 5.26 Å². The van der Waals surface area contributed by atoms with Crippen molar-refractivity contribution >= 4 is 17.3 Å². The molecule has 1 aromatic carbocycles. The molecular weight excluding hydrogens is 258 g/mol. The Morgan fingerprint density at radius 1 is 1.67 bits per heavy atom. The summed E-state index contributed by atoms with van der Waals surface area (Å²) in [7, 11) is 0. The molecule has 0 bridgehead atoms. The van der Waals surface area contributed by atoms with Crippen molar-refractivity contribution in [1.29, 1.82) is 5.26 Å². The minimum atomic E-state index is -0.532. The Hall–Kier alpha value is -1.84. The summed E-state index contributed by atoms with van der Waals surface area (Å²) in [6.07, 6.45) is 0. The number of nitro groups is 1. The van der Waals surface area contributed by atoms with E-state index in [0.29, 0.717) is 6.54 Å². The lowest BCUT2D eigenvalue weighted by atomic mass is 10.3. The number of likely N-dealkylation sites (N-methyl/N-ethyl adjacent to an activating group) is 1. The maximum atomic E-state index is 10.6. The zero-order chi connectivity index (χ0) is 13.5. The average molecular weight is 270 g/mol. The van der Waals surface area contributed by atoms with Gasteiger partial charge in [0.05, 0.1) is 22.1 Å². The van der Waals surface area contributed by atoms with Gasteiger partial charge in [-0.1, -0.05) is 18.5 Å². The summed E-state index contributed by atoms with van der Waals surface area (Å²) >= 11 is 5.85. The Morgan fingerprint density at radius 2 is 2.39 bits per heavy atom.